The molecule has 9 heteroatoms. The number of nitrogens with zero attached hydrogens (tertiary/aromatic N) is 2. The van der Waals surface area contributed by atoms with E-state index in [0.717, 1.165) is 25.9 Å². The molecule has 8 nitrogen and oxygen atoms in total. The number of rotatable bonds is 6. The molecule has 0 spiro atoms. The topological polar surface area (TPSA) is 92.8 Å². The Balaban J connectivity index is 1.66. The second-order valence-corrected chi connectivity index (χ2v) is 9.56. The number of hydrogen-bond donors (Lipinski definition) is 2. The average Bonchev–Trinajstić information content (AvgIpc) is 2.74. The number of hydrogen-bond acceptors (Lipinski definition) is 6. The summed E-state index contributed by atoms with van der Waals surface area (Å²) in [5, 5.41) is 5.95. The maximum Gasteiger partial charge on any atom is 0.408 e. The quantitative estimate of drug-likeness (QED) is 0.644. The Hall–Kier alpha value is -2.84. The number of aromatic nitrogens is 1. The first-order valence-corrected chi connectivity index (χ1v) is 11.3. The number of piperidine rings is 1. The molecule has 2 aromatic rings. The van der Waals surface area contributed by atoms with Crippen LogP contribution in [0.4, 0.5) is 10.5 Å². The first-order valence-electron chi connectivity index (χ1n) is 11.0. The normalized spacial score (nSPS) is 16.0. The van der Waals surface area contributed by atoms with E-state index in [4.69, 9.17) is 21.1 Å². The van der Waals surface area contributed by atoms with Crippen LogP contribution in [0.5, 0.6) is 5.88 Å². The highest BCUT2D eigenvalue weighted by Crippen LogP contribution is 2.22. The van der Waals surface area contributed by atoms with Gasteiger partial charge in [-0.3, -0.25) is 4.79 Å². The largest absolute Gasteiger partial charge is 0.474 e. The summed E-state index contributed by atoms with van der Waals surface area (Å²) in [4.78, 5) is 32.0. The third-order valence-corrected chi connectivity index (χ3v) is 5.34. The molecule has 1 atom stereocenters. The smallest absolute Gasteiger partial charge is 0.408 e. The van der Waals surface area contributed by atoms with Crippen LogP contribution in [0.1, 0.15) is 45.2 Å². The summed E-state index contributed by atoms with van der Waals surface area (Å²) in [5.41, 5.74) is 0.358. The molecular weight excluding hydrogens is 444 g/mol. The zero-order valence-electron chi connectivity index (χ0n) is 19.4. The van der Waals surface area contributed by atoms with E-state index in [1.807, 2.05) is 0 Å². The molecule has 0 saturated carbocycles. The number of halogens is 1. The van der Waals surface area contributed by atoms with Crippen molar-refractivity contribution < 1.29 is 19.1 Å². The van der Waals surface area contributed by atoms with Gasteiger partial charge in [-0.25, -0.2) is 9.78 Å². The number of alkyl carbamates (subject to hydrolysis) is 1. The van der Waals surface area contributed by atoms with Crippen molar-refractivity contribution in [2.45, 2.75) is 51.4 Å². The Labute approximate surface area is 199 Å². The molecule has 1 fully saturated rings. The first kappa shape index (κ1) is 24.8. The van der Waals surface area contributed by atoms with Crippen molar-refractivity contribution in [2.75, 3.05) is 25.5 Å². The van der Waals surface area contributed by atoms with Crippen LogP contribution in [0.2, 0.25) is 5.02 Å². The molecule has 3 rings (SSSR count). The summed E-state index contributed by atoms with van der Waals surface area (Å²) in [6.45, 7) is 7.26. The van der Waals surface area contributed by atoms with Gasteiger partial charge < -0.3 is 25.0 Å². The number of pyridine rings is 1. The number of anilines is 1. The maximum atomic E-state index is 13.1. The van der Waals surface area contributed by atoms with Gasteiger partial charge in [-0.15, -0.1) is 0 Å². The minimum atomic E-state index is -0.979. The van der Waals surface area contributed by atoms with Crippen molar-refractivity contribution in [2.24, 2.45) is 0 Å². The van der Waals surface area contributed by atoms with Crippen molar-refractivity contribution in [1.29, 1.82) is 0 Å². The first-order chi connectivity index (χ1) is 15.6. The number of benzene rings is 1. The van der Waals surface area contributed by atoms with E-state index >= 15 is 0 Å². The standard InChI is InChI=1S/C24H31ClN4O4/c1-24(2,3)33-23(31)28-21(16-5-7-17(25)8-6-16)22(30)27-18-9-10-20(26-15-18)32-19-11-13-29(4)14-12-19/h5-10,15,19,21H,11-14H2,1-4H3,(H,27,30)(H,28,31). The van der Waals surface area contributed by atoms with Crippen LogP contribution in [0.25, 0.3) is 0 Å². The molecule has 178 valence electrons. The molecule has 33 heavy (non-hydrogen) atoms. The van der Waals surface area contributed by atoms with E-state index in [1.54, 1.807) is 57.2 Å². The van der Waals surface area contributed by atoms with E-state index in [0.29, 0.717) is 22.2 Å². The molecule has 1 aromatic heterocycles. The Morgan fingerprint density at radius 3 is 2.36 bits per heavy atom. The van der Waals surface area contributed by atoms with Crippen LogP contribution in [0.15, 0.2) is 42.6 Å². The lowest BCUT2D eigenvalue weighted by Crippen LogP contribution is -2.40. The van der Waals surface area contributed by atoms with Gasteiger partial charge in [0.25, 0.3) is 5.91 Å². The van der Waals surface area contributed by atoms with E-state index < -0.39 is 23.6 Å². The molecule has 1 aromatic carbocycles. The van der Waals surface area contributed by atoms with Gasteiger partial charge in [0.15, 0.2) is 0 Å². The lowest BCUT2D eigenvalue weighted by atomic mass is 10.1. The van der Waals surface area contributed by atoms with Crippen LogP contribution in [-0.2, 0) is 9.53 Å². The summed E-state index contributed by atoms with van der Waals surface area (Å²) in [5.74, 6) is 0.0812. The van der Waals surface area contributed by atoms with Crippen molar-refractivity contribution in [3.63, 3.8) is 0 Å². The SMILES string of the molecule is CN1CCC(Oc2ccc(NC(=O)C(NC(=O)OC(C)(C)C)c3ccc(Cl)cc3)cn2)CC1. The highest BCUT2D eigenvalue weighted by atomic mass is 35.5. The maximum absolute atomic E-state index is 13.1. The summed E-state index contributed by atoms with van der Waals surface area (Å²) in [6, 6.07) is 9.15. The molecule has 1 saturated heterocycles. The predicted octanol–water partition coefficient (Wildman–Crippen LogP) is 4.41. The van der Waals surface area contributed by atoms with Gasteiger partial charge in [-0.1, -0.05) is 23.7 Å². The molecule has 1 aliphatic heterocycles. The molecular formula is C24H31ClN4O4. The second kappa shape index (κ2) is 10.9. The Morgan fingerprint density at radius 1 is 1.12 bits per heavy atom. The third kappa shape index (κ3) is 7.91. The van der Waals surface area contributed by atoms with Crippen LogP contribution in [-0.4, -0.2) is 53.7 Å². The summed E-state index contributed by atoms with van der Waals surface area (Å²) < 4.78 is 11.3. The second-order valence-electron chi connectivity index (χ2n) is 9.13. The Kier molecular flexibility index (Phi) is 8.15. The molecule has 2 heterocycles. The van der Waals surface area contributed by atoms with Gasteiger partial charge in [0.05, 0.1) is 11.9 Å². The molecule has 1 aliphatic rings. The molecule has 2 N–H and O–H groups in total. The number of nitrogens with one attached hydrogen (secondary N) is 2. The lowest BCUT2D eigenvalue weighted by molar-refractivity contribution is -0.118. The minimum absolute atomic E-state index is 0.140. The van der Waals surface area contributed by atoms with Crippen LogP contribution in [0, 0.1) is 0 Å². The highest BCUT2D eigenvalue weighted by Gasteiger charge is 2.26. The van der Waals surface area contributed by atoms with E-state index in [2.05, 4.69) is 27.6 Å². The van der Waals surface area contributed by atoms with E-state index in [-0.39, 0.29) is 6.10 Å². The number of carbonyl (C=O) groups excluding carboxylic acids is 2. The van der Waals surface area contributed by atoms with Gasteiger partial charge in [0.2, 0.25) is 5.88 Å². The average molecular weight is 475 g/mol. The molecule has 2 amide bonds. The number of ether oxygens (including phenoxy) is 2. The summed E-state index contributed by atoms with van der Waals surface area (Å²) >= 11 is 5.98. The van der Waals surface area contributed by atoms with Gasteiger partial charge in [-0.05, 0) is 64.4 Å². The number of amides is 2. The van der Waals surface area contributed by atoms with Crippen LogP contribution in [0.3, 0.4) is 0 Å². The van der Waals surface area contributed by atoms with Gasteiger partial charge in [0.1, 0.15) is 17.7 Å². The summed E-state index contributed by atoms with van der Waals surface area (Å²) in [6.07, 6.45) is 2.89. The molecule has 0 aliphatic carbocycles. The fourth-order valence-electron chi connectivity index (χ4n) is 3.39. The summed E-state index contributed by atoms with van der Waals surface area (Å²) in [7, 11) is 2.10. The van der Waals surface area contributed by atoms with Crippen molar-refractivity contribution in [1.82, 2.24) is 15.2 Å². The van der Waals surface area contributed by atoms with Crippen molar-refractivity contribution in [3.05, 3.63) is 53.2 Å². The van der Waals surface area contributed by atoms with Crippen LogP contribution >= 0.6 is 11.6 Å². The van der Waals surface area contributed by atoms with Crippen LogP contribution < -0.4 is 15.4 Å². The zero-order valence-corrected chi connectivity index (χ0v) is 20.2. The number of carbonyl (C=O) groups is 2. The van der Waals surface area contributed by atoms with Crippen molar-refractivity contribution in [3.8, 4) is 5.88 Å². The monoisotopic (exact) mass is 474 g/mol. The fourth-order valence-corrected chi connectivity index (χ4v) is 3.52. The molecule has 0 radical (unpaired) electrons. The van der Waals surface area contributed by atoms with E-state index in [1.165, 1.54) is 6.20 Å². The molecule has 1 unspecified atom stereocenters. The zero-order chi connectivity index (χ0) is 24.0. The van der Waals surface area contributed by atoms with Gasteiger partial charge in [-0.2, -0.15) is 0 Å². The fraction of sp³-hybridized carbons (Fsp3) is 0.458. The van der Waals surface area contributed by atoms with Gasteiger partial charge in [0, 0.05) is 24.2 Å². The lowest BCUT2D eigenvalue weighted by Gasteiger charge is -2.28. The van der Waals surface area contributed by atoms with E-state index in [9.17, 15) is 9.59 Å². The molecule has 0 bridgehead atoms. The third-order valence-electron chi connectivity index (χ3n) is 5.08. The minimum Gasteiger partial charge on any atom is -0.474 e. The predicted molar refractivity (Wildman–Crippen MR) is 128 cm³/mol. The Bertz CT molecular complexity index is 936. The van der Waals surface area contributed by atoms with Gasteiger partial charge >= 0.3 is 6.09 Å². The Morgan fingerprint density at radius 2 is 1.79 bits per heavy atom. The number of likely N-dealkylation sites (tertiary alicyclic amines) is 1. The van der Waals surface area contributed by atoms with Crippen molar-refractivity contribution >= 4 is 29.3 Å². The highest BCUT2D eigenvalue weighted by molar-refractivity contribution is 6.30.